The number of hydrogen-bond acceptors (Lipinski definition) is 5. The molecule has 0 aliphatic rings. The highest BCUT2D eigenvalue weighted by atomic mass is 19.3. The zero-order valence-electron chi connectivity index (χ0n) is 11.6. The normalized spacial score (nSPS) is 10.4. The van der Waals surface area contributed by atoms with Crippen LogP contribution in [-0.4, -0.2) is 29.1 Å². The van der Waals surface area contributed by atoms with Crippen LogP contribution in [0.3, 0.4) is 0 Å². The highest BCUT2D eigenvalue weighted by Gasteiger charge is 2.11. The number of amides is 1. The van der Waals surface area contributed by atoms with Gasteiger partial charge in [0, 0.05) is 17.8 Å². The van der Waals surface area contributed by atoms with Crippen LogP contribution in [0.4, 0.5) is 14.5 Å². The lowest BCUT2D eigenvalue weighted by Gasteiger charge is -2.08. The Kier molecular flexibility index (Phi) is 5.18. The summed E-state index contributed by atoms with van der Waals surface area (Å²) in [7, 11) is 0. The molecule has 0 saturated heterocycles. The number of nitrogens with one attached hydrogen (secondary N) is 1. The van der Waals surface area contributed by atoms with Gasteiger partial charge in [0.1, 0.15) is 17.8 Å². The SMILES string of the molecule is CCOc1cc(C(=O)Nc2cccc(OC(F)F)c2)ncn1. The number of anilines is 1. The quantitative estimate of drug-likeness (QED) is 0.888. The monoisotopic (exact) mass is 309 g/mol. The molecule has 6 nitrogen and oxygen atoms in total. The number of alkyl halides is 2. The predicted octanol–water partition coefficient (Wildman–Crippen LogP) is 2.73. The van der Waals surface area contributed by atoms with Crippen LogP contribution in [0.5, 0.6) is 11.6 Å². The van der Waals surface area contributed by atoms with Gasteiger partial charge >= 0.3 is 6.61 Å². The van der Waals surface area contributed by atoms with E-state index < -0.39 is 12.5 Å². The van der Waals surface area contributed by atoms with Gasteiger partial charge in [-0.3, -0.25) is 4.79 Å². The summed E-state index contributed by atoms with van der Waals surface area (Å²) in [5.41, 5.74) is 0.401. The van der Waals surface area contributed by atoms with Crippen molar-refractivity contribution in [3.8, 4) is 11.6 Å². The van der Waals surface area contributed by atoms with Crippen LogP contribution in [0.15, 0.2) is 36.7 Å². The molecular formula is C14H13F2N3O3. The number of benzene rings is 1. The average Bonchev–Trinajstić information content (AvgIpc) is 2.47. The lowest BCUT2D eigenvalue weighted by molar-refractivity contribution is -0.0497. The van der Waals surface area contributed by atoms with Crippen LogP contribution < -0.4 is 14.8 Å². The molecule has 8 heteroatoms. The molecule has 0 atom stereocenters. The minimum absolute atomic E-state index is 0.0505. The van der Waals surface area contributed by atoms with Gasteiger partial charge in [0.15, 0.2) is 0 Å². The summed E-state index contributed by atoms with van der Waals surface area (Å²) >= 11 is 0. The first-order valence-electron chi connectivity index (χ1n) is 6.39. The maximum absolute atomic E-state index is 12.2. The number of carbonyl (C=O) groups is 1. The summed E-state index contributed by atoms with van der Waals surface area (Å²) in [5.74, 6) is -0.291. The lowest BCUT2D eigenvalue weighted by Crippen LogP contribution is -2.14. The maximum Gasteiger partial charge on any atom is 0.387 e. The van der Waals surface area contributed by atoms with E-state index in [2.05, 4.69) is 20.0 Å². The second-order valence-electron chi connectivity index (χ2n) is 4.03. The van der Waals surface area contributed by atoms with Gasteiger partial charge in [0.05, 0.1) is 6.61 Å². The Labute approximate surface area is 125 Å². The Morgan fingerprint density at radius 2 is 2.14 bits per heavy atom. The summed E-state index contributed by atoms with van der Waals surface area (Å²) in [6.07, 6.45) is 1.20. The van der Waals surface area contributed by atoms with Crippen molar-refractivity contribution in [2.75, 3.05) is 11.9 Å². The molecule has 1 heterocycles. The molecule has 0 bridgehead atoms. The highest BCUT2D eigenvalue weighted by Crippen LogP contribution is 2.20. The summed E-state index contributed by atoms with van der Waals surface area (Å²) in [4.78, 5) is 19.7. The van der Waals surface area contributed by atoms with Crippen LogP contribution in [0.2, 0.25) is 0 Å². The maximum atomic E-state index is 12.2. The summed E-state index contributed by atoms with van der Waals surface area (Å²) in [6, 6.07) is 7.06. The van der Waals surface area contributed by atoms with Gasteiger partial charge in [-0.2, -0.15) is 8.78 Å². The van der Waals surface area contributed by atoms with Crippen molar-refractivity contribution in [2.24, 2.45) is 0 Å². The molecule has 2 aromatic rings. The number of ether oxygens (including phenoxy) is 2. The first-order chi connectivity index (χ1) is 10.6. The standard InChI is InChI=1S/C14H13F2N3O3/c1-2-21-12-7-11(17-8-18-12)13(20)19-9-4-3-5-10(6-9)22-14(15)16/h3-8,14H,2H2,1H3,(H,19,20). The fraction of sp³-hybridized carbons (Fsp3) is 0.214. The van der Waals surface area contributed by atoms with Crippen LogP contribution in [0.1, 0.15) is 17.4 Å². The molecule has 0 radical (unpaired) electrons. The summed E-state index contributed by atoms with van der Waals surface area (Å²) in [5, 5.41) is 2.53. The molecule has 0 fully saturated rings. The molecule has 0 unspecified atom stereocenters. The van der Waals surface area contributed by atoms with Gasteiger partial charge in [0.25, 0.3) is 5.91 Å². The number of hydrogen-bond donors (Lipinski definition) is 1. The van der Waals surface area contributed by atoms with Crippen molar-refractivity contribution >= 4 is 11.6 Å². The van der Waals surface area contributed by atoms with Gasteiger partial charge in [0.2, 0.25) is 5.88 Å². The molecule has 0 spiro atoms. The van der Waals surface area contributed by atoms with Crippen molar-refractivity contribution in [3.63, 3.8) is 0 Å². The van der Waals surface area contributed by atoms with Gasteiger partial charge in [-0.15, -0.1) is 0 Å². The number of nitrogens with zero attached hydrogens (tertiary/aromatic N) is 2. The van der Waals surface area contributed by atoms with E-state index in [0.29, 0.717) is 12.3 Å². The van der Waals surface area contributed by atoms with Crippen LogP contribution in [0.25, 0.3) is 0 Å². The molecule has 0 aliphatic heterocycles. The van der Waals surface area contributed by atoms with Crippen molar-refractivity contribution in [2.45, 2.75) is 13.5 Å². The fourth-order valence-electron chi connectivity index (χ4n) is 1.64. The van der Waals surface area contributed by atoms with E-state index >= 15 is 0 Å². The van der Waals surface area contributed by atoms with Crippen molar-refractivity contribution in [3.05, 3.63) is 42.4 Å². The first-order valence-corrected chi connectivity index (χ1v) is 6.39. The Balaban J connectivity index is 2.10. The van der Waals surface area contributed by atoms with Crippen LogP contribution >= 0.6 is 0 Å². The average molecular weight is 309 g/mol. The van der Waals surface area contributed by atoms with Crippen LogP contribution in [0, 0.1) is 0 Å². The second-order valence-corrected chi connectivity index (χ2v) is 4.03. The summed E-state index contributed by atoms with van der Waals surface area (Å²) < 4.78 is 33.8. The molecule has 2 rings (SSSR count). The van der Waals surface area contributed by atoms with E-state index in [4.69, 9.17) is 4.74 Å². The van der Waals surface area contributed by atoms with E-state index in [-0.39, 0.29) is 17.3 Å². The Morgan fingerprint density at radius 3 is 2.86 bits per heavy atom. The molecule has 1 amide bonds. The Bertz CT molecular complexity index is 653. The van der Waals surface area contributed by atoms with Gasteiger partial charge in [-0.1, -0.05) is 6.07 Å². The second kappa shape index (κ2) is 7.30. The molecule has 0 saturated carbocycles. The predicted molar refractivity (Wildman–Crippen MR) is 74.2 cm³/mol. The molecule has 116 valence electrons. The zero-order valence-corrected chi connectivity index (χ0v) is 11.6. The zero-order chi connectivity index (χ0) is 15.9. The Morgan fingerprint density at radius 1 is 1.32 bits per heavy atom. The first kappa shape index (κ1) is 15.6. The van der Waals surface area contributed by atoms with E-state index in [1.165, 1.54) is 30.6 Å². The third kappa shape index (κ3) is 4.37. The van der Waals surface area contributed by atoms with E-state index in [1.54, 1.807) is 13.0 Å². The summed E-state index contributed by atoms with van der Waals surface area (Å²) in [6.45, 7) is -0.733. The van der Waals surface area contributed by atoms with Gasteiger partial charge in [-0.25, -0.2) is 9.97 Å². The van der Waals surface area contributed by atoms with Crippen molar-refractivity contribution in [1.82, 2.24) is 9.97 Å². The van der Waals surface area contributed by atoms with Crippen molar-refractivity contribution in [1.29, 1.82) is 0 Å². The number of rotatable bonds is 6. The third-order valence-electron chi connectivity index (χ3n) is 2.48. The van der Waals surface area contributed by atoms with E-state index in [1.807, 2.05) is 0 Å². The Hall–Kier alpha value is -2.77. The minimum atomic E-state index is -2.93. The number of halogens is 2. The minimum Gasteiger partial charge on any atom is -0.478 e. The van der Waals surface area contributed by atoms with Gasteiger partial charge in [-0.05, 0) is 19.1 Å². The van der Waals surface area contributed by atoms with E-state index in [9.17, 15) is 13.6 Å². The van der Waals surface area contributed by atoms with Gasteiger partial charge < -0.3 is 14.8 Å². The largest absolute Gasteiger partial charge is 0.478 e. The topological polar surface area (TPSA) is 73.3 Å². The number of aromatic nitrogens is 2. The van der Waals surface area contributed by atoms with Crippen LogP contribution in [-0.2, 0) is 0 Å². The highest BCUT2D eigenvalue weighted by molar-refractivity contribution is 6.03. The lowest BCUT2D eigenvalue weighted by atomic mass is 10.3. The number of carbonyl (C=O) groups excluding carboxylic acids is 1. The van der Waals surface area contributed by atoms with E-state index in [0.717, 1.165) is 0 Å². The molecule has 1 aromatic heterocycles. The molecule has 1 N–H and O–H groups in total. The molecule has 22 heavy (non-hydrogen) atoms. The fourth-order valence-corrected chi connectivity index (χ4v) is 1.64. The van der Waals surface area contributed by atoms with Crippen molar-refractivity contribution < 1.29 is 23.0 Å². The third-order valence-corrected chi connectivity index (χ3v) is 2.48. The molecule has 0 aliphatic carbocycles. The molecular weight excluding hydrogens is 296 g/mol. The molecule has 1 aromatic carbocycles. The smallest absolute Gasteiger partial charge is 0.387 e.